The molecule has 0 aliphatic heterocycles. The first-order chi connectivity index (χ1) is 13.5. The number of para-hydroxylation sites is 1. The summed E-state index contributed by atoms with van der Waals surface area (Å²) in [4.78, 5) is 38.6. The Morgan fingerprint density at radius 2 is 1.64 bits per heavy atom. The highest BCUT2D eigenvalue weighted by Gasteiger charge is 2.20. The lowest BCUT2D eigenvalue weighted by Gasteiger charge is -2.18. The van der Waals surface area contributed by atoms with Crippen LogP contribution in [0.5, 0.6) is 0 Å². The van der Waals surface area contributed by atoms with Gasteiger partial charge in [0.1, 0.15) is 0 Å². The van der Waals surface area contributed by atoms with E-state index < -0.39 is 5.91 Å². The molecule has 3 aromatic rings. The molecule has 28 heavy (non-hydrogen) atoms. The molecule has 6 nitrogen and oxygen atoms in total. The smallest absolute Gasteiger partial charge is 0.258 e. The van der Waals surface area contributed by atoms with E-state index in [-0.39, 0.29) is 22.5 Å². The van der Waals surface area contributed by atoms with E-state index >= 15 is 0 Å². The lowest BCUT2D eigenvalue weighted by Crippen LogP contribution is -2.27. The summed E-state index contributed by atoms with van der Waals surface area (Å²) in [5.74, 6) is -0.723. The van der Waals surface area contributed by atoms with Crippen molar-refractivity contribution >= 4 is 29.4 Å². The minimum Gasteiger partial charge on any atom is -0.311 e. The average molecular weight is 374 g/mol. The molecule has 0 fully saturated rings. The van der Waals surface area contributed by atoms with Crippen LogP contribution in [0.25, 0.3) is 0 Å². The third-order valence-corrected chi connectivity index (χ3v) is 4.37. The number of benzene rings is 3. The molecule has 3 aromatic carbocycles. The molecule has 0 heterocycles. The van der Waals surface area contributed by atoms with E-state index in [1.54, 1.807) is 37.4 Å². The number of hydrogen-bond donors (Lipinski definition) is 2. The Morgan fingerprint density at radius 1 is 0.929 bits per heavy atom. The number of hydrogen-bond acceptors (Lipinski definition) is 5. The first-order valence-corrected chi connectivity index (χ1v) is 8.52. The molecule has 0 aliphatic rings. The van der Waals surface area contributed by atoms with Crippen LogP contribution in [0.1, 0.15) is 36.6 Å². The fourth-order valence-corrected chi connectivity index (χ4v) is 2.83. The lowest BCUT2D eigenvalue weighted by atomic mass is 9.97. The second-order valence-electron chi connectivity index (χ2n) is 6.14. The van der Waals surface area contributed by atoms with Crippen molar-refractivity contribution in [3.8, 4) is 0 Å². The maximum Gasteiger partial charge on any atom is 0.258 e. The monoisotopic (exact) mass is 374 g/mol. The Kier molecular flexibility index (Phi) is 5.62. The molecule has 0 atom stereocenters. The van der Waals surface area contributed by atoms with Crippen LogP contribution in [0.2, 0.25) is 0 Å². The largest absolute Gasteiger partial charge is 0.311 e. The van der Waals surface area contributed by atoms with Gasteiger partial charge in [0.15, 0.2) is 12.1 Å². The molecule has 0 spiro atoms. The molecule has 0 saturated heterocycles. The highest BCUT2D eigenvalue weighted by atomic mass is 16.5. The molecule has 140 valence electrons. The normalized spacial score (nSPS) is 10.2. The van der Waals surface area contributed by atoms with Gasteiger partial charge in [-0.1, -0.05) is 42.5 Å². The van der Waals surface area contributed by atoms with Crippen LogP contribution in [0, 0.1) is 0 Å². The molecule has 1 amide bonds. The molecule has 0 aliphatic carbocycles. The molecular weight excluding hydrogens is 356 g/mol. The zero-order valence-corrected chi connectivity index (χ0v) is 15.1. The number of carbonyl (C=O) groups excluding carboxylic acids is 3. The first-order valence-electron chi connectivity index (χ1n) is 8.52. The van der Waals surface area contributed by atoms with Crippen LogP contribution in [-0.2, 0) is 0 Å². The molecule has 0 aromatic heterocycles. The van der Waals surface area contributed by atoms with Crippen molar-refractivity contribution in [2.75, 3.05) is 17.4 Å². The van der Waals surface area contributed by atoms with Crippen LogP contribution in [-0.4, -0.2) is 30.2 Å². The SMILES string of the molecule is CN(C(=O)c1cc(C(=O)c2cccc(NO)c2)ccc1C=O)c1ccccc1. The standard InChI is InChI=1S/C22H18N2O4/c1-24(19-8-3-2-4-9-19)22(27)20-13-16(10-11-17(20)14-25)21(26)15-6-5-7-18(12-15)23-28/h2-14,23,28H,1H3. The van der Waals surface area contributed by atoms with Crippen molar-refractivity contribution in [1.29, 1.82) is 0 Å². The number of nitrogens with zero attached hydrogens (tertiary/aromatic N) is 1. The predicted molar refractivity (Wildman–Crippen MR) is 106 cm³/mol. The van der Waals surface area contributed by atoms with Gasteiger partial charge in [-0.2, -0.15) is 0 Å². The number of carbonyl (C=O) groups is 3. The fourth-order valence-electron chi connectivity index (χ4n) is 2.83. The van der Waals surface area contributed by atoms with E-state index in [0.29, 0.717) is 23.2 Å². The van der Waals surface area contributed by atoms with Crippen LogP contribution >= 0.6 is 0 Å². The molecule has 0 saturated carbocycles. The highest BCUT2D eigenvalue weighted by Crippen LogP contribution is 2.20. The number of amides is 1. The predicted octanol–water partition coefficient (Wildman–Crippen LogP) is 3.81. The first kappa shape index (κ1) is 19.0. The summed E-state index contributed by atoms with van der Waals surface area (Å²) in [7, 11) is 1.61. The third kappa shape index (κ3) is 3.82. The van der Waals surface area contributed by atoms with E-state index in [1.165, 1.54) is 29.2 Å². The summed E-state index contributed by atoms with van der Waals surface area (Å²) in [5, 5.41) is 9.02. The zero-order valence-electron chi connectivity index (χ0n) is 15.1. The quantitative estimate of drug-likeness (QED) is 0.389. The van der Waals surface area contributed by atoms with E-state index in [0.717, 1.165) is 0 Å². The Labute approximate surface area is 162 Å². The number of rotatable bonds is 6. The maximum absolute atomic E-state index is 12.9. The van der Waals surface area contributed by atoms with Crippen LogP contribution < -0.4 is 10.4 Å². The van der Waals surface area contributed by atoms with Gasteiger partial charge in [0.25, 0.3) is 5.91 Å². The Balaban J connectivity index is 1.99. The summed E-state index contributed by atoms with van der Waals surface area (Å²) in [6.45, 7) is 0. The second-order valence-corrected chi connectivity index (χ2v) is 6.14. The minimum atomic E-state index is -0.395. The second kappa shape index (κ2) is 8.28. The summed E-state index contributed by atoms with van der Waals surface area (Å²) in [6.07, 6.45) is 0.594. The number of aldehydes is 1. The number of anilines is 2. The van der Waals surface area contributed by atoms with Crippen LogP contribution in [0.15, 0.2) is 72.8 Å². The van der Waals surface area contributed by atoms with Gasteiger partial charge in [0.05, 0.1) is 11.3 Å². The van der Waals surface area contributed by atoms with Gasteiger partial charge in [0, 0.05) is 29.4 Å². The van der Waals surface area contributed by atoms with Gasteiger partial charge in [0.2, 0.25) is 0 Å². The van der Waals surface area contributed by atoms with E-state index in [4.69, 9.17) is 5.21 Å². The third-order valence-electron chi connectivity index (χ3n) is 4.37. The molecule has 0 bridgehead atoms. The summed E-state index contributed by atoms with van der Waals surface area (Å²) in [5.41, 5.74) is 3.99. The molecule has 6 heteroatoms. The summed E-state index contributed by atoms with van der Waals surface area (Å²) in [6, 6.07) is 19.7. The van der Waals surface area contributed by atoms with Crippen molar-refractivity contribution in [1.82, 2.24) is 0 Å². The highest BCUT2D eigenvalue weighted by molar-refractivity contribution is 6.14. The lowest BCUT2D eigenvalue weighted by molar-refractivity contribution is 0.0986. The fraction of sp³-hybridized carbons (Fsp3) is 0.0455. The van der Waals surface area contributed by atoms with Gasteiger partial charge in [-0.3, -0.25) is 25.1 Å². The van der Waals surface area contributed by atoms with Crippen molar-refractivity contribution in [3.63, 3.8) is 0 Å². The van der Waals surface area contributed by atoms with E-state index in [9.17, 15) is 14.4 Å². The van der Waals surface area contributed by atoms with Crippen molar-refractivity contribution in [2.24, 2.45) is 0 Å². The van der Waals surface area contributed by atoms with Crippen molar-refractivity contribution in [2.45, 2.75) is 0 Å². The molecule has 0 unspecified atom stereocenters. The molecule has 0 radical (unpaired) electrons. The molecule has 2 N–H and O–H groups in total. The van der Waals surface area contributed by atoms with E-state index in [1.807, 2.05) is 23.7 Å². The number of ketones is 1. The molecule has 3 rings (SSSR count). The molecular formula is C22H18N2O4. The van der Waals surface area contributed by atoms with Crippen molar-refractivity contribution in [3.05, 3.63) is 95.1 Å². The average Bonchev–Trinajstić information content (AvgIpc) is 2.77. The van der Waals surface area contributed by atoms with Gasteiger partial charge in [-0.15, -0.1) is 0 Å². The van der Waals surface area contributed by atoms with Crippen LogP contribution in [0.3, 0.4) is 0 Å². The minimum absolute atomic E-state index is 0.142. The topological polar surface area (TPSA) is 86.7 Å². The van der Waals surface area contributed by atoms with E-state index in [2.05, 4.69) is 0 Å². The van der Waals surface area contributed by atoms with Crippen LogP contribution in [0.4, 0.5) is 11.4 Å². The maximum atomic E-state index is 12.9. The Morgan fingerprint density at radius 3 is 2.32 bits per heavy atom. The summed E-state index contributed by atoms with van der Waals surface area (Å²) < 4.78 is 0. The van der Waals surface area contributed by atoms with Gasteiger partial charge < -0.3 is 4.90 Å². The number of nitrogens with one attached hydrogen (secondary N) is 1. The van der Waals surface area contributed by atoms with Crippen molar-refractivity contribution < 1.29 is 19.6 Å². The Bertz CT molecular complexity index is 1030. The summed E-state index contributed by atoms with van der Waals surface area (Å²) >= 11 is 0. The van der Waals surface area contributed by atoms with Gasteiger partial charge in [-0.05, 0) is 30.3 Å². The zero-order chi connectivity index (χ0) is 20.1. The Hall–Kier alpha value is -3.77. The van der Waals surface area contributed by atoms with Gasteiger partial charge >= 0.3 is 0 Å². The van der Waals surface area contributed by atoms with Gasteiger partial charge in [-0.25, -0.2) is 0 Å².